The Labute approximate surface area is 89.9 Å². The summed E-state index contributed by atoms with van der Waals surface area (Å²) < 4.78 is 0. The lowest BCUT2D eigenvalue weighted by molar-refractivity contribution is 0.289. The van der Waals surface area contributed by atoms with Gasteiger partial charge in [0.15, 0.2) is 0 Å². The molecule has 0 heterocycles. The van der Waals surface area contributed by atoms with Crippen molar-refractivity contribution >= 4 is 0 Å². The maximum atomic E-state index is 3.70. The Bertz CT molecular complexity index is 111. The van der Waals surface area contributed by atoms with Gasteiger partial charge in [-0.3, -0.25) is 0 Å². The Kier molecular flexibility index (Phi) is 8.20. The van der Waals surface area contributed by atoms with Crippen LogP contribution >= 0.6 is 0 Å². The second kappa shape index (κ2) is 8.25. The van der Waals surface area contributed by atoms with Gasteiger partial charge in [-0.05, 0) is 45.3 Å². The van der Waals surface area contributed by atoms with Crippen LogP contribution in [-0.4, -0.2) is 25.2 Å². The first-order chi connectivity index (χ1) is 6.74. The topological polar surface area (TPSA) is 24.1 Å². The first-order valence-electron chi connectivity index (χ1n) is 6.20. The molecule has 86 valence electrons. The molecule has 14 heavy (non-hydrogen) atoms. The van der Waals surface area contributed by atoms with E-state index in [0.717, 1.165) is 19.6 Å². The van der Waals surface area contributed by atoms with E-state index in [9.17, 15) is 0 Å². The highest BCUT2D eigenvalue weighted by Crippen LogP contribution is 2.18. The zero-order valence-corrected chi connectivity index (χ0v) is 10.4. The molecule has 2 nitrogen and oxygen atoms in total. The maximum Gasteiger partial charge on any atom is 0.0173 e. The van der Waals surface area contributed by atoms with Crippen molar-refractivity contribution in [3.8, 4) is 0 Å². The van der Waals surface area contributed by atoms with Gasteiger partial charge in [-0.2, -0.15) is 0 Å². The van der Waals surface area contributed by atoms with Gasteiger partial charge in [-0.25, -0.2) is 0 Å². The molecule has 0 atom stereocenters. The number of hydrogen-bond donors (Lipinski definition) is 2. The molecular formula is C12H28N2. The third-order valence-corrected chi connectivity index (χ3v) is 3.31. The molecule has 0 aromatic rings. The van der Waals surface area contributed by atoms with Crippen LogP contribution in [0, 0.1) is 0 Å². The van der Waals surface area contributed by atoms with Crippen molar-refractivity contribution < 1.29 is 0 Å². The first-order valence-corrected chi connectivity index (χ1v) is 6.20. The van der Waals surface area contributed by atoms with E-state index in [1.807, 2.05) is 0 Å². The molecule has 0 radical (unpaired) electrons. The Morgan fingerprint density at radius 2 is 1.43 bits per heavy atom. The van der Waals surface area contributed by atoms with Crippen LogP contribution in [0.25, 0.3) is 0 Å². The molecule has 0 fully saturated rings. The van der Waals surface area contributed by atoms with E-state index in [2.05, 4.69) is 38.3 Å². The predicted molar refractivity (Wildman–Crippen MR) is 64.8 cm³/mol. The minimum atomic E-state index is 0.395. The fraction of sp³-hybridized carbons (Fsp3) is 1.00. The van der Waals surface area contributed by atoms with E-state index in [0.29, 0.717) is 5.54 Å². The largest absolute Gasteiger partial charge is 0.317 e. The molecule has 0 rings (SSSR count). The minimum absolute atomic E-state index is 0.395. The van der Waals surface area contributed by atoms with Gasteiger partial charge in [-0.15, -0.1) is 0 Å². The molecule has 0 unspecified atom stereocenters. The van der Waals surface area contributed by atoms with Gasteiger partial charge in [0.25, 0.3) is 0 Å². The highest BCUT2D eigenvalue weighted by atomic mass is 15.0. The molecule has 0 spiro atoms. The molecule has 0 saturated heterocycles. The van der Waals surface area contributed by atoms with E-state index in [4.69, 9.17) is 0 Å². The Morgan fingerprint density at radius 3 is 1.86 bits per heavy atom. The summed E-state index contributed by atoms with van der Waals surface area (Å²) in [5.74, 6) is 0. The molecular weight excluding hydrogens is 172 g/mol. The van der Waals surface area contributed by atoms with Gasteiger partial charge < -0.3 is 10.6 Å². The van der Waals surface area contributed by atoms with Crippen LogP contribution in [0.1, 0.15) is 53.4 Å². The molecule has 0 aliphatic heterocycles. The van der Waals surface area contributed by atoms with Gasteiger partial charge in [0.2, 0.25) is 0 Å². The monoisotopic (exact) mass is 200 g/mol. The smallest absolute Gasteiger partial charge is 0.0173 e. The molecule has 2 N–H and O–H groups in total. The molecule has 0 aromatic carbocycles. The van der Waals surface area contributed by atoms with E-state index in [1.165, 1.54) is 25.7 Å². The lowest BCUT2D eigenvalue weighted by Gasteiger charge is -2.32. The summed E-state index contributed by atoms with van der Waals surface area (Å²) in [6.45, 7) is 12.4. The summed E-state index contributed by atoms with van der Waals surface area (Å²) in [5, 5.41) is 7.05. The minimum Gasteiger partial charge on any atom is -0.317 e. The lowest BCUT2D eigenvalue weighted by Crippen LogP contribution is -2.44. The predicted octanol–water partition coefficient (Wildman–Crippen LogP) is 2.54. The summed E-state index contributed by atoms with van der Waals surface area (Å²) in [7, 11) is 0. The normalized spacial score (nSPS) is 12.0. The van der Waals surface area contributed by atoms with Crippen molar-refractivity contribution in [1.82, 2.24) is 10.6 Å². The highest BCUT2D eigenvalue weighted by molar-refractivity contribution is 4.83. The number of rotatable bonds is 9. The summed E-state index contributed by atoms with van der Waals surface area (Å²) >= 11 is 0. The highest BCUT2D eigenvalue weighted by Gasteiger charge is 2.21. The molecule has 0 bridgehead atoms. The van der Waals surface area contributed by atoms with Gasteiger partial charge in [0.1, 0.15) is 0 Å². The molecule has 2 heteroatoms. The fourth-order valence-electron chi connectivity index (χ4n) is 1.87. The molecule has 0 aromatic heterocycles. The van der Waals surface area contributed by atoms with Crippen molar-refractivity contribution in [3.63, 3.8) is 0 Å². The average molecular weight is 200 g/mol. The van der Waals surface area contributed by atoms with Crippen molar-refractivity contribution in [2.24, 2.45) is 0 Å². The Hall–Kier alpha value is -0.0800. The van der Waals surface area contributed by atoms with Crippen LogP contribution in [0.3, 0.4) is 0 Å². The molecule has 0 aliphatic rings. The summed E-state index contributed by atoms with van der Waals surface area (Å²) in [4.78, 5) is 0. The zero-order chi connectivity index (χ0) is 10.9. The Morgan fingerprint density at radius 1 is 0.857 bits per heavy atom. The van der Waals surface area contributed by atoms with Gasteiger partial charge in [-0.1, -0.05) is 27.7 Å². The second-order valence-corrected chi connectivity index (χ2v) is 3.97. The summed E-state index contributed by atoms with van der Waals surface area (Å²) in [6.07, 6.45) is 4.94. The molecule has 0 saturated carbocycles. The SMILES string of the molecule is CCNCCCNC(CC)(CC)CC. The third-order valence-electron chi connectivity index (χ3n) is 3.31. The number of nitrogens with one attached hydrogen (secondary N) is 2. The van der Waals surface area contributed by atoms with E-state index in [1.54, 1.807) is 0 Å². The van der Waals surface area contributed by atoms with E-state index >= 15 is 0 Å². The Balaban J connectivity index is 3.61. The van der Waals surface area contributed by atoms with Crippen LogP contribution in [0.2, 0.25) is 0 Å². The van der Waals surface area contributed by atoms with Gasteiger partial charge in [0, 0.05) is 5.54 Å². The van der Waals surface area contributed by atoms with Crippen LogP contribution in [0.4, 0.5) is 0 Å². The summed E-state index contributed by atoms with van der Waals surface area (Å²) in [6, 6.07) is 0. The third kappa shape index (κ3) is 4.97. The van der Waals surface area contributed by atoms with Gasteiger partial charge in [0.05, 0.1) is 0 Å². The van der Waals surface area contributed by atoms with Crippen molar-refractivity contribution in [1.29, 1.82) is 0 Å². The molecule has 0 aliphatic carbocycles. The van der Waals surface area contributed by atoms with Crippen LogP contribution in [-0.2, 0) is 0 Å². The van der Waals surface area contributed by atoms with Crippen LogP contribution < -0.4 is 10.6 Å². The van der Waals surface area contributed by atoms with E-state index < -0.39 is 0 Å². The quantitative estimate of drug-likeness (QED) is 0.559. The van der Waals surface area contributed by atoms with Crippen molar-refractivity contribution in [3.05, 3.63) is 0 Å². The fourth-order valence-corrected chi connectivity index (χ4v) is 1.87. The van der Waals surface area contributed by atoms with Crippen LogP contribution in [0.5, 0.6) is 0 Å². The first kappa shape index (κ1) is 13.9. The standard InChI is InChI=1S/C12H28N2/c1-5-12(6-2,7-3)14-11-9-10-13-8-4/h13-14H,5-11H2,1-4H3. The maximum absolute atomic E-state index is 3.70. The van der Waals surface area contributed by atoms with Crippen LogP contribution in [0.15, 0.2) is 0 Å². The zero-order valence-electron chi connectivity index (χ0n) is 10.4. The van der Waals surface area contributed by atoms with E-state index in [-0.39, 0.29) is 0 Å². The second-order valence-electron chi connectivity index (χ2n) is 3.97. The van der Waals surface area contributed by atoms with Gasteiger partial charge >= 0.3 is 0 Å². The molecule has 0 amide bonds. The summed E-state index contributed by atoms with van der Waals surface area (Å²) in [5.41, 5.74) is 0.395. The van der Waals surface area contributed by atoms with Crippen molar-refractivity contribution in [2.45, 2.75) is 58.9 Å². The lowest BCUT2D eigenvalue weighted by atomic mass is 9.90. The van der Waals surface area contributed by atoms with Crippen molar-refractivity contribution in [2.75, 3.05) is 19.6 Å². The average Bonchev–Trinajstić information content (AvgIpc) is 2.24. The number of hydrogen-bond acceptors (Lipinski definition) is 2.